The number of rotatable bonds is 4. The molecule has 0 aromatic heterocycles. The van der Waals surface area contributed by atoms with Crippen molar-refractivity contribution in [3.05, 3.63) is 59.7 Å². The molecule has 164 valence electrons. The van der Waals surface area contributed by atoms with Crippen LogP contribution in [-0.2, 0) is 14.3 Å². The summed E-state index contributed by atoms with van der Waals surface area (Å²) in [6, 6.07) is 15.3. The molecule has 0 radical (unpaired) electrons. The van der Waals surface area contributed by atoms with Crippen molar-refractivity contribution in [1.82, 2.24) is 5.32 Å². The van der Waals surface area contributed by atoms with E-state index in [1.54, 1.807) is 0 Å². The third-order valence-corrected chi connectivity index (χ3v) is 5.98. The zero-order valence-electron chi connectivity index (χ0n) is 16.5. The van der Waals surface area contributed by atoms with E-state index in [9.17, 15) is 27.9 Å². The first-order chi connectivity index (χ1) is 14.6. The number of hydrogen-bond donors (Lipinski definition) is 2. The number of aliphatic hydroxyl groups is 1. The van der Waals surface area contributed by atoms with Crippen LogP contribution in [0.1, 0.15) is 29.9 Å². The summed E-state index contributed by atoms with van der Waals surface area (Å²) in [5.41, 5.74) is -1.09. The van der Waals surface area contributed by atoms with Crippen LogP contribution < -0.4 is 5.32 Å². The predicted molar refractivity (Wildman–Crippen MR) is 103 cm³/mol. The van der Waals surface area contributed by atoms with Gasteiger partial charge in [-0.3, -0.25) is 0 Å². The molecule has 9 heteroatoms. The van der Waals surface area contributed by atoms with Crippen LogP contribution in [0.3, 0.4) is 0 Å². The van der Waals surface area contributed by atoms with Crippen LogP contribution in [-0.4, -0.2) is 48.2 Å². The Morgan fingerprint density at radius 3 is 2.06 bits per heavy atom. The van der Waals surface area contributed by atoms with E-state index in [-0.39, 0.29) is 12.5 Å². The lowest BCUT2D eigenvalue weighted by Crippen LogP contribution is -2.73. The smallest absolute Gasteiger partial charge is 0.417 e. The lowest BCUT2D eigenvalue weighted by Gasteiger charge is -2.51. The Kier molecular flexibility index (Phi) is 4.96. The number of esters is 1. The Labute approximate surface area is 176 Å². The van der Waals surface area contributed by atoms with Crippen LogP contribution in [0, 0.1) is 0 Å². The van der Waals surface area contributed by atoms with Gasteiger partial charge in [0.25, 0.3) is 0 Å². The number of hydrogen-bond acceptors (Lipinski definition) is 5. The molecule has 2 aromatic carbocycles. The molecule has 4 rings (SSSR count). The first-order valence-corrected chi connectivity index (χ1v) is 9.61. The van der Waals surface area contributed by atoms with Gasteiger partial charge in [0.15, 0.2) is 5.60 Å². The molecule has 1 saturated carbocycles. The van der Waals surface area contributed by atoms with E-state index in [1.165, 1.54) is 0 Å². The van der Waals surface area contributed by atoms with Gasteiger partial charge in [0, 0.05) is 18.8 Å². The second-order valence-corrected chi connectivity index (χ2v) is 7.91. The van der Waals surface area contributed by atoms with E-state index in [2.05, 4.69) is 10.1 Å². The number of carbonyl (C=O) groups excluding carboxylic acids is 2. The van der Waals surface area contributed by atoms with Gasteiger partial charge in [-0.05, 0) is 22.3 Å². The highest BCUT2D eigenvalue weighted by Crippen LogP contribution is 2.51. The number of benzene rings is 2. The molecule has 0 bridgehead atoms. The second-order valence-electron chi connectivity index (χ2n) is 7.91. The third-order valence-electron chi connectivity index (χ3n) is 5.98. The van der Waals surface area contributed by atoms with Crippen molar-refractivity contribution in [2.45, 2.75) is 36.1 Å². The van der Waals surface area contributed by atoms with Gasteiger partial charge < -0.3 is 19.9 Å². The fourth-order valence-corrected chi connectivity index (χ4v) is 4.46. The van der Waals surface area contributed by atoms with Gasteiger partial charge in [-0.1, -0.05) is 48.5 Å². The highest BCUT2D eigenvalue weighted by Gasteiger charge is 2.71. The molecule has 0 saturated heterocycles. The summed E-state index contributed by atoms with van der Waals surface area (Å²) in [6.45, 7) is -0.0688. The summed E-state index contributed by atoms with van der Waals surface area (Å²) >= 11 is 0. The first kappa shape index (κ1) is 21.2. The van der Waals surface area contributed by atoms with Crippen molar-refractivity contribution >= 4 is 12.1 Å². The standard InChI is InChI=1S/C22H20F3NO5/c1-30-18(27)20(11-21(29,12-20)22(23,24)25)26-19(28)31-10-17-15-8-4-2-6-13(15)14-7-3-5-9-16(14)17/h2-9,17,29H,10-12H2,1H3,(H,26,28). The molecule has 1 amide bonds. The monoisotopic (exact) mass is 435 g/mol. The summed E-state index contributed by atoms with van der Waals surface area (Å²) in [5.74, 6) is -1.32. The number of fused-ring (bicyclic) bond motifs is 3. The topological polar surface area (TPSA) is 84.9 Å². The minimum absolute atomic E-state index is 0.0688. The van der Waals surface area contributed by atoms with Crippen molar-refractivity contribution in [2.75, 3.05) is 13.7 Å². The van der Waals surface area contributed by atoms with E-state index in [0.29, 0.717) is 0 Å². The SMILES string of the molecule is COC(=O)C1(NC(=O)OCC2c3ccccc3-c3ccccc32)CC(O)(C(F)(F)F)C1. The van der Waals surface area contributed by atoms with Crippen molar-refractivity contribution in [3.63, 3.8) is 0 Å². The van der Waals surface area contributed by atoms with E-state index in [4.69, 9.17) is 4.74 Å². The third kappa shape index (κ3) is 3.42. The fraction of sp³-hybridized carbons (Fsp3) is 0.364. The molecule has 0 spiro atoms. The molecular formula is C22H20F3NO5. The summed E-state index contributed by atoms with van der Waals surface area (Å²) < 4.78 is 48.9. The zero-order valence-corrected chi connectivity index (χ0v) is 16.5. The molecule has 0 aliphatic heterocycles. The molecule has 2 aliphatic carbocycles. The van der Waals surface area contributed by atoms with Crippen LogP contribution >= 0.6 is 0 Å². The lowest BCUT2D eigenvalue weighted by atomic mass is 9.64. The Bertz CT molecular complexity index is 984. The van der Waals surface area contributed by atoms with Gasteiger partial charge >= 0.3 is 18.2 Å². The van der Waals surface area contributed by atoms with E-state index >= 15 is 0 Å². The minimum Gasteiger partial charge on any atom is -0.467 e. The maximum absolute atomic E-state index is 13.0. The molecule has 2 aliphatic rings. The molecular weight excluding hydrogens is 415 g/mol. The minimum atomic E-state index is -4.94. The van der Waals surface area contributed by atoms with Crippen LogP contribution in [0.5, 0.6) is 0 Å². The van der Waals surface area contributed by atoms with Gasteiger partial charge in [-0.2, -0.15) is 13.2 Å². The van der Waals surface area contributed by atoms with Gasteiger partial charge in [-0.25, -0.2) is 9.59 Å². The van der Waals surface area contributed by atoms with Crippen LogP contribution in [0.4, 0.5) is 18.0 Å². The number of alkyl halides is 3. The van der Waals surface area contributed by atoms with E-state index in [1.807, 2.05) is 48.5 Å². The molecule has 0 unspecified atom stereocenters. The van der Waals surface area contributed by atoms with Gasteiger partial charge in [0.05, 0.1) is 7.11 Å². The Balaban J connectivity index is 1.47. The Morgan fingerprint density at radius 2 is 1.58 bits per heavy atom. The second kappa shape index (κ2) is 7.26. The number of methoxy groups -OCH3 is 1. The molecule has 1 fully saturated rings. The van der Waals surface area contributed by atoms with Crippen molar-refractivity contribution in [1.29, 1.82) is 0 Å². The number of amides is 1. The molecule has 0 atom stereocenters. The quantitative estimate of drug-likeness (QED) is 0.718. The van der Waals surface area contributed by atoms with Gasteiger partial charge in [-0.15, -0.1) is 0 Å². The fourth-order valence-electron chi connectivity index (χ4n) is 4.46. The van der Waals surface area contributed by atoms with Crippen molar-refractivity contribution in [2.24, 2.45) is 0 Å². The summed E-state index contributed by atoms with van der Waals surface area (Å²) in [7, 11) is 0.994. The van der Waals surface area contributed by atoms with E-state index in [0.717, 1.165) is 29.4 Å². The lowest BCUT2D eigenvalue weighted by molar-refractivity contribution is -0.303. The van der Waals surface area contributed by atoms with Crippen LogP contribution in [0.25, 0.3) is 11.1 Å². The summed E-state index contributed by atoms with van der Waals surface area (Å²) in [6.07, 6.45) is -8.08. The first-order valence-electron chi connectivity index (χ1n) is 9.61. The maximum Gasteiger partial charge on any atom is 0.417 e. The number of halogens is 3. The molecule has 31 heavy (non-hydrogen) atoms. The average Bonchev–Trinajstić information content (AvgIpc) is 3.03. The van der Waals surface area contributed by atoms with Gasteiger partial charge in [0.2, 0.25) is 0 Å². The molecule has 2 aromatic rings. The maximum atomic E-state index is 13.0. The van der Waals surface area contributed by atoms with Gasteiger partial charge in [0.1, 0.15) is 12.1 Å². The van der Waals surface area contributed by atoms with Crippen LogP contribution in [0.2, 0.25) is 0 Å². The number of ether oxygens (including phenoxy) is 2. The van der Waals surface area contributed by atoms with Crippen LogP contribution in [0.15, 0.2) is 48.5 Å². The number of carbonyl (C=O) groups is 2. The largest absolute Gasteiger partial charge is 0.467 e. The highest BCUT2D eigenvalue weighted by atomic mass is 19.4. The molecule has 0 heterocycles. The molecule has 6 nitrogen and oxygen atoms in total. The summed E-state index contributed by atoms with van der Waals surface area (Å²) in [5, 5.41) is 11.9. The number of alkyl carbamates (subject to hydrolysis) is 1. The normalized spacial score (nSPS) is 24.5. The predicted octanol–water partition coefficient (Wildman–Crippen LogP) is 3.52. The Hall–Kier alpha value is -3.07. The molecule has 2 N–H and O–H groups in total. The average molecular weight is 435 g/mol. The van der Waals surface area contributed by atoms with E-state index < -0.39 is 42.2 Å². The summed E-state index contributed by atoms with van der Waals surface area (Å²) in [4.78, 5) is 24.5. The zero-order chi connectivity index (χ0) is 22.4. The number of nitrogens with one attached hydrogen (secondary N) is 1. The highest BCUT2D eigenvalue weighted by molar-refractivity contribution is 5.87. The van der Waals surface area contributed by atoms with Crippen molar-refractivity contribution < 1.29 is 37.3 Å². The van der Waals surface area contributed by atoms with Crippen molar-refractivity contribution in [3.8, 4) is 11.1 Å². The Morgan fingerprint density at radius 1 is 1.06 bits per heavy atom.